The lowest BCUT2D eigenvalue weighted by molar-refractivity contribution is 0.461. The van der Waals surface area contributed by atoms with Crippen LogP contribution in [0.5, 0.6) is 0 Å². The summed E-state index contributed by atoms with van der Waals surface area (Å²) in [5.41, 5.74) is 10.5. The zero-order valence-corrected chi connectivity index (χ0v) is 11.3. The first-order valence-corrected chi connectivity index (χ1v) is 6.66. The summed E-state index contributed by atoms with van der Waals surface area (Å²) < 4.78 is 0. The van der Waals surface area contributed by atoms with Gasteiger partial charge in [0, 0.05) is 25.3 Å². The third kappa shape index (κ3) is 2.32. The van der Waals surface area contributed by atoms with Crippen LogP contribution < -0.4 is 10.6 Å². The van der Waals surface area contributed by atoms with E-state index in [1.54, 1.807) is 0 Å². The largest absolute Gasteiger partial charge is 0.377 e. The van der Waals surface area contributed by atoms with Gasteiger partial charge in [0.2, 0.25) is 0 Å². The van der Waals surface area contributed by atoms with E-state index in [-0.39, 0.29) is 5.54 Å². The Morgan fingerprint density at radius 2 is 1.88 bits per heavy atom. The minimum Gasteiger partial charge on any atom is -0.377 e. The molecule has 0 unspecified atom stereocenters. The maximum absolute atomic E-state index is 6.62. The zero-order chi connectivity index (χ0) is 12.5. The van der Waals surface area contributed by atoms with Gasteiger partial charge in [-0.3, -0.25) is 0 Å². The molecule has 0 aliphatic heterocycles. The number of nitrogens with zero attached hydrogens (tertiary/aromatic N) is 1. The van der Waals surface area contributed by atoms with E-state index in [2.05, 4.69) is 44.1 Å². The Balaban J connectivity index is 2.48. The second-order valence-electron chi connectivity index (χ2n) is 5.46. The topological polar surface area (TPSA) is 29.3 Å². The van der Waals surface area contributed by atoms with E-state index in [1.165, 1.54) is 29.7 Å². The second-order valence-corrected chi connectivity index (χ2v) is 5.46. The zero-order valence-electron chi connectivity index (χ0n) is 11.3. The Labute approximate surface area is 105 Å². The molecule has 0 aromatic heterocycles. The molecule has 17 heavy (non-hydrogen) atoms. The van der Waals surface area contributed by atoms with E-state index in [0.717, 1.165) is 19.3 Å². The van der Waals surface area contributed by atoms with Gasteiger partial charge in [0.15, 0.2) is 0 Å². The van der Waals surface area contributed by atoms with E-state index < -0.39 is 0 Å². The number of aryl methyl sites for hydroxylation is 1. The summed E-state index contributed by atoms with van der Waals surface area (Å²) in [7, 11) is 4.20. The van der Waals surface area contributed by atoms with Crippen molar-refractivity contribution in [2.75, 3.05) is 19.0 Å². The Morgan fingerprint density at radius 1 is 1.24 bits per heavy atom. The molecule has 2 heteroatoms. The third-order valence-corrected chi connectivity index (χ3v) is 3.98. The first kappa shape index (κ1) is 12.4. The average molecular weight is 232 g/mol. The van der Waals surface area contributed by atoms with Crippen LogP contribution in [0.4, 0.5) is 5.69 Å². The summed E-state index contributed by atoms with van der Waals surface area (Å²) in [5, 5.41) is 0. The molecule has 0 radical (unpaired) electrons. The first-order valence-electron chi connectivity index (χ1n) is 6.66. The van der Waals surface area contributed by atoms with Crippen LogP contribution >= 0.6 is 0 Å². The molecule has 2 rings (SSSR count). The van der Waals surface area contributed by atoms with E-state index in [4.69, 9.17) is 5.73 Å². The van der Waals surface area contributed by atoms with Crippen molar-refractivity contribution in [2.45, 2.75) is 44.6 Å². The first-order chi connectivity index (χ1) is 8.07. The number of nitrogens with two attached hydrogens (primary N) is 1. The lowest BCUT2D eigenvalue weighted by Crippen LogP contribution is -2.35. The van der Waals surface area contributed by atoms with Crippen LogP contribution in [0, 0.1) is 0 Å². The molecule has 1 aromatic rings. The highest BCUT2D eigenvalue weighted by molar-refractivity contribution is 5.57. The van der Waals surface area contributed by atoms with Gasteiger partial charge in [0.1, 0.15) is 0 Å². The van der Waals surface area contributed by atoms with Gasteiger partial charge in [0.05, 0.1) is 0 Å². The Bertz CT molecular complexity index is 390. The minimum atomic E-state index is -0.0925. The number of hydrogen-bond donors (Lipinski definition) is 1. The van der Waals surface area contributed by atoms with Crippen LogP contribution in [-0.4, -0.2) is 14.1 Å². The molecule has 1 fully saturated rings. The highest BCUT2D eigenvalue weighted by Gasteiger charge is 2.33. The highest BCUT2D eigenvalue weighted by atomic mass is 15.1. The molecule has 0 bridgehead atoms. The van der Waals surface area contributed by atoms with E-state index >= 15 is 0 Å². The molecule has 0 heterocycles. The molecule has 2 N–H and O–H groups in total. The molecule has 2 nitrogen and oxygen atoms in total. The molecular weight excluding hydrogens is 208 g/mol. The molecule has 1 aliphatic carbocycles. The molecule has 0 atom stereocenters. The highest BCUT2D eigenvalue weighted by Crippen LogP contribution is 2.40. The maximum Gasteiger partial charge on any atom is 0.0430 e. The number of anilines is 1. The van der Waals surface area contributed by atoms with Gasteiger partial charge in [-0.25, -0.2) is 0 Å². The van der Waals surface area contributed by atoms with Crippen molar-refractivity contribution in [1.82, 2.24) is 0 Å². The van der Waals surface area contributed by atoms with Gasteiger partial charge in [0.25, 0.3) is 0 Å². The van der Waals surface area contributed by atoms with Crippen molar-refractivity contribution in [3.05, 3.63) is 29.3 Å². The summed E-state index contributed by atoms with van der Waals surface area (Å²) in [6.07, 6.45) is 5.86. The lowest BCUT2D eigenvalue weighted by Gasteiger charge is -2.30. The monoisotopic (exact) mass is 232 g/mol. The molecule has 0 saturated heterocycles. The van der Waals surface area contributed by atoms with Gasteiger partial charge in [-0.15, -0.1) is 0 Å². The third-order valence-electron chi connectivity index (χ3n) is 3.98. The van der Waals surface area contributed by atoms with Crippen molar-refractivity contribution >= 4 is 5.69 Å². The fourth-order valence-electron chi connectivity index (χ4n) is 2.87. The Morgan fingerprint density at radius 3 is 2.41 bits per heavy atom. The van der Waals surface area contributed by atoms with Crippen LogP contribution in [-0.2, 0) is 12.0 Å². The van der Waals surface area contributed by atoms with Crippen molar-refractivity contribution in [2.24, 2.45) is 5.73 Å². The van der Waals surface area contributed by atoms with Gasteiger partial charge in [-0.05, 0) is 36.5 Å². The van der Waals surface area contributed by atoms with Gasteiger partial charge in [-0.1, -0.05) is 31.9 Å². The fraction of sp³-hybridized carbons (Fsp3) is 0.600. The predicted molar refractivity (Wildman–Crippen MR) is 74.5 cm³/mol. The molecule has 94 valence electrons. The molecule has 1 aliphatic rings. The smallest absolute Gasteiger partial charge is 0.0430 e. The van der Waals surface area contributed by atoms with Crippen LogP contribution in [0.2, 0.25) is 0 Å². The Kier molecular flexibility index (Phi) is 3.43. The van der Waals surface area contributed by atoms with Crippen molar-refractivity contribution < 1.29 is 0 Å². The quantitative estimate of drug-likeness (QED) is 0.868. The van der Waals surface area contributed by atoms with Crippen LogP contribution in [0.1, 0.15) is 43.7 Å². The molecule has 0 amide bonds. The van der Waals surface area contributed by atoms with E-state index in [1.807, 2.05) is 0 Å². The van der Waals surface area contributed by atoms with E-state index in [9.17, 15) is 0 Å². The Hall–Kier alpha value is -1.02. The van der Waals surface area contributed by atoms with Crippen molar-refractivity contribution in [3.63, 3.8) is 0 Å². The normalized spacial score (nSPS) is 18.4. The number of benzene rings is 1. The average Bonchev–Trinajstić information content (AvgIpc) is 2.76. The standard InChI is InChI=1S/C15H24N2/c1-4-12-7-8-14(17(2)3)13(11-12)15(16)9-5-6-10-15/h7-8,11H,4-6,9-10,16H2,1-3H3. The minimum absolute atomic E-state index is 0.0925. The van der Waals surface area contributed by atoms with Gasteiger partial charge < -0.3 is 10.6 Å². The molecule has 1 saturated carbocycles. The summed E-state index contributed by atoms with van der Waals surface area (Å²) >= 11 is 0. The van der Waals surface area contributed by atoms with Crippen LogP contribution in [0.3, 0.4) is 0 Å². The van der Waals surface area contributed by atoms with Gasteiger partial charge in [-0.2, -0.15) is 0 Å². The van der Waals surface area contributed by atoms with E-state index in [0.29, 0.717) is 0 Å². The number of hydrogen-bond acceptors (Lipinski definition) is 2. The maximum atomic E-state index is 6.62. The predicted octanol–water partition coefficient (Wildman–Crippen LogP) is 3.04. The van der Waals surface area contributed by atoms with Crippen LogP contribution in [0.25, 0.3) is 0 Å². The summed E-state index contributed by atoms with van der Waals surface area (Å²) in [4.78, 5) is 2.18. The van der Waals surface area contributed by atoms with Gasteiger partial charge >= 0.3 is 0 Å². The summed E-state index contributed by atoms with van der Waals surface area (Å²) in [5.74, 6) is 0. The summed E-state index contributed by atoms with van der Waals surface area (Å²) in [6.45, 7) is 2.20. The summed E-state index contributed by atoms with van der Waals surface area (Å²) in [6, 6.07) is 6.76. The molecule has 1 aromatic carbocycles. The van der Waals surface area contributed by atoms with Crippen molar-refractivity contribution in [3.8, 4) is 0 Å². The second kappa shape index (κ2) is 4.69. The lowest BCUT2D eigenvalue weighted by atomic mass is 9.86. The fourth-order valence-corrected chi connectivity index (χ4v) is 2.87. The SMILES string of the molecule is CCc1ccc(N(C)C)c(C2(N)CCCC2)c1. The van der Waals surface area contributed by atoms with Crippen molar-refractivity contribution in [1.29, 1.82) is 0 Å². The molecule has 0 spiro atoms. The number of rotatable bonds is 3. The van der Waals surface area contributed by atoms with Crippen LogP contribution in [0.15, 0.2) is 18.2 Å². The molecular formula is C15H24N2.